The highest BCUT2D eigenvalue weighted by Gasteiger charge is 2.07. The van der Waals surface area contributed by atoms with E-state index in [0.29, 0.717) is 0 Å². The van der Waals surface area contributed by atoms with Gasteiger partial charge < -0.3 is 0 Å². The fourth-order valence-electron chi connectivity index (χ4n) is 3.35. The van der Waals surface area contributed by atoms with Crippen molar-refractivity contribution in [1.29, 1.82) is 0 Å². The van der Waals surface area contributed by atoms with Crippen LogP contribution < -0.4 is 0 Å². The van der Waals surface area contributed by atoms with E-state index in [0.717, 1.165) is 36.1 Å². The summed E-state index contributed by atoms with van der Waals surface area (Å²) < 4.78 is 29.0. The molecule has 0 aliphatic rings. The van der Waals surface area contributed by atoms with Gasteiger partial charge in [0.25, 0.3) is 0 Å². The van der Waals surface area contributed by atoms with E-state index in [1.807, 2.05) is 36.4 Å². The van der Waals surface area contributed by atoms with E-state index in [1.54, 1.807) is 0 Å². The molecule has 0 nitrogen and oxygen atoms in total. The molecule has 162 valence electrons. The summed E-state index contributed by atoms with van der Waals surface area (Å²) >= 11 is 0. The molecule has 0 atom stereocenters. The maximum atomic E-state index is 14.5. The molecule has 0 fully saturated rings. The summed E-state index contributed by atoms with van der Waals surface area (Å²) in [6.07, 6.45) is 6.92. The summed E-state index contributed by atoms with van der Waals surface area (Å²) in [5.74, 6) is 10.2. The Kier molecular flexibility index (Phi) is 8.65. The molecule has 0 aliphatic carbocycles. The first kappa shape index (κ1) is 23.3. The minimum atomic E-state index is -0.573. The summed E-state index contributed by atoms with van der Waals surface area (Å²) in [4.78, 5) is 0. The van der Waals surface area contributed by atoms with E-state index in [9.17, 15) is 8.78 Å². The zero-order valence-electron chi connectivity index (χ0n) is 18.8. The van der Waals surface area contributed by atoms with Gasteiger partial charge in [0, 0.05) is 11.1 Å². The van der Waals surface area contributed by atoms with Crippen molar-refractivity contribution >= 4 is 0 Å². The highest BCUT2D eigenvalue weighted by Crippen LogP contribution is 2.15. The number of halogens is 2. The standard InChI is InChI=1S/C30H28F2/c1-3-5-6-7-8-24-13-15-26(16-14-24)18-20-28-22-29(31)27(21-30(28)32)19-17-25-11-9-23(4-2)10-12-25/h9-16,21-22H,3-8H2,1-2H3. The van der Waals surface area contributed by atoms with Crippen molar-refractivity contribution in [1.82, 2.24) is 0 Å². The van der Waals surface area contributed by atoms with Crippen LogP contribution in [0.4, 0.5) is 8.78 Å². The van der Waals surface area contributed by atoms with Gasteiger partial charge in [-0.3, -0.25) is 0 Å². The fraction of sp³-hybridized carbons (Fsp3) is 0.267. The molecule has 0 amide bonds. The van der Waals surface area contributed by atoms with Gasteiger partial charge in [0.05, 0.1) is 11.1 Å². The van der Waals surface area contributed by atoms with E-state index in [4.69, 9.17) is 0 Å². The largest absolute Gasteiger partial charge is 0.206 e. The summed E-state index contributed by atoms with van der Waals surface area (Å²) in [5, 5.41) is 0. The van der Waals surface area contributed by atoms with Crippen molar-refractivity contribution < 1.29 is 8.78 Å². The topological polar surface area (TPSA) is 0 Å². The number of unbranched alkanes of at least 4 members (excludes halogenated alkanes) is 3. The van der Waals surface area contributed by atoms with Crippen LogP contribution in [-0.2, 0) is 12.8 Å². The van der Waals surface area contributed by atoms with E-state index in [1.165, 1.54) is 36.8 Å². The Balaban J connectivity index is 1.69. The Labute approximate surface area is 190 Å². The maximum absolute atomic E-state index is 14.5. The number of aryl methyl sites for hydroxylation is 2. The summed E-state index contributed by atoms with van der Waals surface area (Å²) in [6.45, 7) is 4.28. The molecule has 2 heteroatoms. The quantitative estimate of drug-likeness (QED) is 0.284. The van der Waals surface area contributed by atoms with Gasteiger partial charge in [0.2, 0.25) is 0 Å². The molecule has 3 aromatic carbocycles. The molecule has 0 saturated carbocycles. The molecule has 0 aliphatic heterocycles. The Morgan fingerprint density at radius 2 is 1.09 bits per heavy atom. The van der Waals surface area contributed by atoms with Gasteiger partial charge in [0.15, 0.2) is 0 Å². The SMILES string of the molecule is CCCCCCc1ccc(C#Cc2cc(F)c(C#Cc3ccc(CC)cc3)cc2F)cc1. The first-order valence-corrected chi connectivity index (χ1v) is 11.3. The maximum Gasteiger partial charge on any atom is 0.140 e. The number of rotatable bonds is 6. The molecule has 3 rings (SSSR count). The molecule has 0 aromatic heterocycles. The lowest BCUT2D eigenvalue weighted by atomic mass is 10.0. The molecule has 0 N–H and O–H groups in total. The van der Waals surface area contributed by atoms with Crippen molar-refractivity contribution in [3.05, 3.63) is 106 Å². The summed E-state index contributed by atoms with van der Waals surface area (Å²) in [5.41, 5.74) is 4.08. The van der Waals surface area contributed by atoms with Gasteiger partial charge in [0.1, 0.15) is 11.6 Å². The van der Waals surface area contributed by atoms with E-state index < -0.39 is 11.6 Å². The molecule has 0 saturated heterocycles. The molecule has 0 bridgehead atoms. The number of hydrogen-bond donors (Lipinski definition) is 0. The molecule has 32 heavy (non-hydrogen) atoms. The van der Waals surface area contributed by atoms with Gasteiger partial charge in [-0.1, -0.05) is 81.1 Å². The van der Waals surface area contributed by atoms with Crippen molar-refractivity contribution in [2.45, 2.75) is 52.4 Å². The van der Waals surface area contributed by atoms with E-state index in [2.05, 4.69) is 49.7 Å². The third-order valence-electron chi connectivity index (χ3n) is 5.37. The number of benzene rings is 3. The smallest absolute Gasteiger partial charge is 0.140 e. The summed E-state index contributed by atoms with van der Waals surface area (Å²) in [7, 11) is 0. The van der Waals surface area contributed by atoms with Crippen LogP contribution in [0.25, 0.3) is 0 Å². The van der Waals surface area contributed by atoms with Crippen LogP contribution in [0, 0.1) is 35.3 Å². The zero-order chi connectivity index (χ0) is 22.8. The fourth-order valence-corrected chi connectivity index (χ4v) is 3.35. The Hall–Kier alpha value is -3.36. The second-order valence-electron chi connectivity index (χ2n) is 7.87. The van der Waals surface area contributed by atoms with Crippen LogP contribution in [0.2, 0.25) is 0 Å². The Bertz CT molecular complexity index is 1150. The van der Waals surface area contributed by atoms with Gasteiger partial charge in [-0.2, -0.15) is 0 Å². The van der Waals surface area contributed by atoms with Crippen LogP contribution in [0.1, 0.15) is 72.9 Å². The average Bonchev–Trinajstić information content (AvgIpc) is 2.82. The van der Waals surface area contributed by atoms with Gasteiger partial charge >= 0.3 is 0 Å². The van der Waals surface area contributed by atoms with Gasteiger partial charge in [-0.15, -0.1) is 0 Å². The monoisotopic (exact) mass is 426 g/mol. The Morgan fingerprint density at radius 1 is 0.594 bits per heavy atom. The third kappa shape index (κ3) is 6.83. The van der Waals surface area contributed by atoms with Crippen molar-refractivity contribution in [3.63, 3.8) is 0 Å². The summed E-state index contributed by atoms with van der Waals surface area (Å²) in [6, 6.07) is 17.9. The lowest BCUT2D eigenvalue weighted by molar-refractivity contribution is 0.594. The average molecular weight is 427 g/mol. The third-order valence-corrected chi connectivity index (χ3v) is 5.37. The molecule has 0 heterocycles. The zero-order valence-corrected chi connectivity index (χ0v) is 18.8. The second-order valence-corrected chi connectivity index (χ2v) is 7.87. The molecular weight excluding hydrogens is 398 g/mol. The van der Waals surface area contributed by atoms with Crippen LogP contribution in [-0.4, -0.2) is 0 Å². The van der Waals surface area contributed by atoms with Gasteiger partial charge in [-0.05, 0) is 66.8 Å². The molecule has 0 unspecified atom stereocenters. The van der Waals surface area contributed by atoms with Crippen LogP contribution >= 0.6 is 0 Å². The molecular formula is C30H28F2. The normalized spacial score (nSPS) is 10.1. The minimum absolute atomic E-state index is 0.0278. The lowest BCUT2D eigenvalue weighted by Crippen LogP contribution is -1.92. The molecule has 0 spiro atoms. The van der Waals surface area contributed by atoms with Crippen LogP contribution in [0.5, 0.6) is 0 Å². The Morgan fingerprint density at radius 3 is 1.56 bits per heavy atom. The van der Waals surface area contributed by atoms with Crippen molar-refractivity contribution in [2.75, 3.05) is 0 Å². The predicted octanol–water partition coefficient (Wildman–Crippen LogP) is 7.45. The lowest BCUT2D eigenvalue weighted by Gasteiger charge is -2.01. The van der Waals surface area contributed by atoms with Gasteiger partial charge in [-0.25, -0.2) is 8.78 Å². The van der Waals surface area contributed by atoms with Crippen LogP contribution in [0.15, 0.2) is 60.7 Å². The van der Waals surface area contributed by atoms with E-state index in [-0.39, 0.29) is 11.1 Å². The molecule has 3 aromatic rings. The first-order valence-electron chi connectivity index (χ1n) is 11.3. The second kappa shape index (κ2) is 11.9. The van der Waals surface area contributed by atoms with E-state index >= 15 is 0 Å². The van der Waals surface area contributed by atoms with Crippen LogP contribution in [0.3, 0.4) is 0 Å². The molecule has 0 radical (unpaired) electrons. The number of hydrogen-bond acceptors (Lipinski definition) is 0. The highest BCUT2D eigenvalue weighted by atomic mass is 19.1. The first-order chi connectivity index (χ1) is 15.6. The minimum Gasteiger partial charge on any atom is -0.206 e. The van der Waals surface area contributed by atoms with Crippen molar-refractivity contribution in [2.24, 2.45) is 0 Å². The highest BCUT2D eigenvalue weighted by molar-refractivity contribution is 5.49. The predicted molar refractivity (Wildman–Crippen MR) is 128 cm³/mol. The van der Waals surface area contributed by atoms with Crippen molar-refractivity contribution in [3.8, 4) is 23.7 Å².